The molecular formula is C20H20ClN5O2. The molecule has 0 amide bonds. The number of nitrogens with one attached hydrogen (secondary N) is 2. The smallest absolute Gasteiger partial charge is 0.236 e. The molecular weight excluding hydrogens is 378 g/mol. The number of anilines is 2. The van der Waals surface area contributed by atoms with Crippen LogP contribution in [0.1, 0.15) is 42.4 Å². The number of fused-ring (bicyclic) bond motifs is 1. The summed E-state index contributed by atoms with van der Waals surface area (Å²) in [5.74, 6) is 1.05. The first kappa shape index (κ1) is 18.5. The van der Waals surface area contributed by atoms with Crippen LogP contribution in [0.5, 0.6) is 5.88 Å². The van der Waals surface area contributed by atoms with Gasteiger partial charge in [-0.1, -0.05) is 11.6 Å². The van der Waals surface area contributed by atoms with Gasteiger partial charge in [0.05, 0.1) is 19.3 Å². The van der Waals surface area contributed by atoms with Crippen molar-refractivity contribution in [3.63, 3.8) is 0 Å². The number of nitriles is 1. The minimum atomic E-state index is -0.844. The number of aliphatic hydroxyl groups is 1. The standard InChI is InChI=1S/C20H20ClN5O2/c1-10(24-20-23-9-13(8-22)19(26-20)28-2)14-5-12-6-16(21)15(11-3-4-11)7-17(12)25-18(14)27/h5-7,9-11,18,25,27H,3-4H2,1-2H3,(H,23,24,26)/t10-,18?/m0/s1. The Kier molecular flexibility index (Phi) is 4.84. The summed E-state index contributed by atoms with van der Waals surface area (Å²) >= 11 is 6.46. The third kappa shape index (κ3) is 3.49. The lowest BCUT2D eigenvalue weighted by atomic mass is 9.96. The number of ether oxygens (including phenoxy) is 1. The van der Waals surface area contributed by atoms with E-state index in [0.29, 0.717) is 11.9 Å². The van der Waals surface area contributed by atoms with Gasteiger partial charge in [-0.25, -0.2) is 4.98 Å². The van der Waals surface area contributed by atoms with Crippen molar-refractivity contribution in [1.82, 2.24) is 9.97 Å². The van der Waals surface area contributed by atoms with E-state index in [4.69, 9.17) is 21.6 Å². The molecule has 0 saturated heterocycles. The maximum absolute atomic E-state index is 10.6. The second kappa shape index (κ2) is 7.30. The number of aromatic nitrogens is 2. The predicted molar refractivity (Wildman–Crippen MR) is 107 cm³/mol. The molecule has 2 heterocycles. The largest absolute Gasteiger partial charge is 0.480 e. The number of hydrogen-bond acceptors (Lipinski definition) is 7. The number of methoxy groups -OCH3 is 1. The second-order valence-electron chi connectivity index (χ2n) is 7.02. The molecule has 1 aromatic carbocycles. The first-order valence-electron chi connectivity index (χ1n) is 9.07. The van der Waals surface area contributed by atoms with Gasteiger partial charge in [-0.05, 0) is 55.0 Å². The minimum Gasteiger partial charge on any atom is -0.480 e. The number of rotatable bonds is 5. The van der Waals surface area contributed by atoms with Gasteiger partial charge >= 0.3 is 0 Å². The molecule has 28 heavy (non-hydrogen) atoms. The summed E-state index contributed by atoms with van der Waals surface area (Å²) in [4.78, 5) is 8.34. The Bertz CT molecular complexity index is 997. The zero-order chi connectivity index (χ0) is 19.8. The molecule has 144 valence electrons. The summed E-state index contributed by atoms with van der Waals surface area (Å²) in [6.07, 6.45) is 4.81. The first-order valence-corrected chi connectivity index (χ1v) is 9.45. The van der Waals surface area contributed by atoms with Crippen LogP contribution in [-0.4, -0.2) is 34.5 Å². The van der Waals surface area contributed by atoms with E-state index < -0.39 is 6.23 Å². The third-order valence-corrected chi connectivity index (χ3v) is 5.36. The molecule has 1 aliphatic heterocycles. The average Bonchev–Trinajstić information content (AvgIpc) is 3.52. The van der Waals surface area contributed by atoms with Crippen LogP contribution >= 0.6 is 11.6 Å². The van der Waals surface area contributed by atoms with Crippen LogP contribution in [0.2, 0.25) is 5.02 Å². The van der Waals surface area contributed by atoms with Gasteiger partial charge < -0.3 is 20.5 Å². The molecule has 8 heteroatoms. The Labute approximate surface area is 168 Å². The van der Waals surface area contributed by atoms with Gasteiger partial charge in [0.15, 0.2) is 0 Å². The van der Waals surface area contributed by atoms with Crippen molar-refractivity contribution >= 4 is 29.3 Å². The van der Waals surface area contributed by atoms with Crippen molar-refractivity contribution in [1.29, 1.82) is 5.26 Å². The van der Waals surface area contributed by atoms with Gasteiger partial charge in [0.2, 0.25) is 11.8 Å². The molecule has 0 bridgehead atoms. The van der Waals surface area contributed by atoms with Crippen molar-refractivity contribution in [2.45, 2.75) is 38.0 Å². The van der Waals surface area contributed by atoms with Crippen LogP contribution in [0.3, 0.4) is 0 Å². The molecule has 1 fully saturated rings. The van der Waals surface area contributed by atoms with E-state index in [1.807, 2.05) is 31.2 Å². The molecule has 3 N–H and O–H groups in total. The highest BCUT2D eigenvalue weighted by Crippen LogP contribution is 2.45. The van der Waals surface area contributed by atoms with Crippen molar-refractivity contribution < 1.29 is 9.84 Å². The summed E-state index contributed by atoms with van der Waals surface area (Å²) in [6, 6.07) is 5.69. The summed E-state index contributed by atoms with van der Waals surface area (Å²) in [5, 5.41) is 26.7. The molecule has 7 nitrogen and oxygen atoms in total. The van der Waals surface area contributed by atoms with E-state index in [2.05, 4.69) is 20.6 Å². The van der Waals surface area contributed by atoms with Crippen LogP contribution in [0.15, 0.2) is 23.9 Å². The Morgan fingerprint density at radius 2 is 2.21 bits per heavy atom. The lowest BCUT2D eigenvalue weighted by Gasteiger charge is -2.29. The third-order valence-electron chi connectivity index (χ3n) is 5.03. The van der Waals surface area contributed by atoms with Crippen LogP contribution in [0.4, 0.5) is 11.6 Å². The first-order chi connectivity index (χ1) is 13.5. The lowest BCUT2D eigenvalue weighted by molar-refractivity contribution is 0.234. The predicted octanol–water partition coefficient (Wildman–Crippen LogP) is 3.52. The fourth-order valence-corrected chi connectivity index (χ4v) is 3.68. The number of halogens is 1. The van der Waals surface area contributed by atoms with Crippen molar-refractivity contribution in [3.8, 4) is 11.9 Å². The quantitative estimate of drug-likeness (QED) is 0.709. The minimum absolute atomic E-state index is 0.202. The molecule has 0 radical (unpaired) electrons. The molecule has 2 aromatic rings. The summed E-state index contributed by atoms with van der Waals surface area (Å²) in [5.41, 5.74) is 3.94. The van der Waals surface area contributed by atoms with Gasteiger partial charge in [0.1, 0.15) is 17.9 Å². The summed E-state index contributed by atoms with van der Waals surface area (Å²) in [7, 11) is 1.45. The Morgan fingerprint density at radius 1 is 1.43 bits per heavy atom. The van der Waals surface area contributed by atoms with Gasteiger partial charge in [-0.2, -0.15) is 10.2 Å². The van der Waals surface area contributed by atoms with Crippen LogP contribution < -0.4 is 15.4 Å². The maximum Gasteiger partial charge on any atom is 0.236 e. The van der Waals surface area contributed by atoms with Crippen molar-refractivity contribution in [2.24, 2.45) is 0 Å². The Balaban J connectivity index is 1.59. The molecule has 1 aromatic heterocycles. The van der Waals surface area contributed by atoms with Crippen LogP contribution in [0.25, 0.3) is 6.08 Å². The van der Waals surface area contributed by atoms with Crippen LogP contribution in [-0.2, 0) is 0 Å². The molecule has 1 aliphatic carbocycles. The monoisotopic (exact) mass is 397 g/mol. The van der Waals surface area contributed by atoms with Crippen LogP contribution in [0, 0.1) is 11.3 Å². The van der Waals surface area contributed by atoms with E-state index >= 15 is 0 Å². The highest BCUT2D eigenvalue weighted by atomic mass is 35.5. The zero-order valence-corrected chi connectivity index (χ0v) is 16.3. The molecule has 0 spiro atoms. The molecule has 2 atom stereocenters. The highest BCUT2D eigenvalue weighted by molar-refractivity contribution is 6.31. The lowest BCUT2D eigenvalue weighted by Crippen LogP contribution is -2.34. The van der Waals surface area contributed by atoms with Gasteiger partial charge in [0, 0.05) is 16.3 Å². The summed E-state index contributed by atoms with van der Waals surface area (Å²) in [6.45, 7) is 1.90. The molecule has 1 unspecified atom stereocenters. The fourth-order valence-electron chi connectivity index (χ4n) is 3.35. The Morgan fingerprint density at radius 3 is 2.89 bits per heavy atom. The van der Waals surface area contributed by atoms with E-state index in [1.54, 1.807) is 0 Å². The van der Waals surface area contributed by atoms with Gasteiger partial charge in [-0.15, -0.1) is 0 Å². The number of benzene rings is 1. The normalized spacial score (nSPS) is 19.0. The maximum atomic E-state index is 10.6. The number of aliphatic hydroxyl groups excluding tert-OH is 1. The topological polar surface area (TPSA) is 103 Å². The van der Waals surface area contributed by atoms with Gasteiger partial charge in [-0.3, -0.25) is 0 Å². The molecule has 4 rings (SSSR count). The van der Waals surface area contributed by atoms with E-state index in [9.17, 15) is 5.11 Å². The average molecular weight is 398 g/mol. The highest BCUT2D eigenvalue weighted by Gasteiger charge is 2.29. The second-order valence-corrected chi connectivity index (χ2v) is 7.43. The van der Waals surface area contributed by atoms with Crippen molar-refractivity contribution in [2.75, 3.05) is 17.7 Å². The Hall–Kier alpha value is -2.82. The fraction of sp³-hybridized carbons (Fsp3) is 0.350. The number of nitrogens with zero attached hydrogens (tertiary/aromatic N) is 3. The SMILES string of the molecule is COc1nc(N[C@@H](C)C2=Cc3cc(Cl)c(C4CC4)cc3NC2O)ncc1C#N. The van der Waals surface area contributed by atoms with E-state index in [0.717, 1.165) is 40.3 Å². The molecule has 1 saturated carbocycles. The van der Waals surface area contributed by atoms with E-state index in [-0.39, 0.29) is 17.5 Å². The summed E-state index contributed by atoms with van der Waals surface area (Å²) < 4.78 is 5.12. The number of hydrogen-bond donors (Lipinski definition) is 3. The van der Waals surface area contributed by atoms with Gasteiger partial charge in [0.25, 0.3) is 0 Å². The molecule has 2 aliphatic rings. The zero-order valence-electron chi connectivity index (χ0n) is 15.5. The van der Waals surface area contributed by atoms with E-state index in [1.165, 1.54) is 13.3 Å². The van der Waals surface area contributed by atoms with Crippen molar-refractivity contribution in [3.05, 3.63) is 45.6 Å².